The van der Waals surface area contributed by atoms with E-state index < -0.39 is 0 Å². The van der Waals surface area contributed by atoms with Crippen LogP contribution in [0.5, 0.6) is 0 Å². The molecule has 20 heavy (non-hydrogen) atoms. The highest BCUT2D eigenvalue weighted by molar-refractivity contribution is 6.32. The number of amides is 1. The molecule has 106 valence electrons. The van der Waals surface area contributed by atoms with Crippen LogP contribution in [0.2, 0.25) is 5.02 Å². The molecule has 1 aromatic carbocycles. The Bertz CT molecular complexity index is 539. The van der Waals surface area contributed by atoms with Gasteiger partial charge in [0.1, 0.15) is 0 Å². The smallest absolute Gasteiger partial charge is 0.253 e. The zero-order chi connectivity index (χ0) is 14.4. The minimum absolute atomic E-state index is 0.0378. The number of aliphatic hydroxyl groups excluding tert-OH is 1. The second kappa shape index (κ2) is 7.33. The summed E-state index contributed by atoms with van der Waals surface area (Å²) in [5.74, 6) is 5.76. The SMILES string of the molecule is O=C(c1ccc(C#CCCO)c(Cl)c1)N1CCCCC1. The van der Waals surface area contributed by atoms with Crippen LogP contribution in [0.4, 0.5) is 0 Å². The molecule has 1 aliphatic rings. The maximum atomic E-state index is 12.3. The number of halogens is 1. The van der Waals surface area contributed by atoms with Crippen LogP contribution < -0.4 is 0 Å². The Balaban J connectivity index is 2.12. The summed E-state index contributed by atoms with van der Waals surface area (Å²) in [6.07, 6.45) is 3.77. The first-order valence-electron chi connectivity index (χ1n) is 6.91. The monoisotopic (exact) mass is 291 g/mol. The number of carbonyl (C=O) groups excluding carboxylic acids is 1. The van der Waals surface area contributed by atoms with Crippen LogP contribution in [0.3, 0.4) is 0 Å². The maximum Gasteiger partial charge on any atom is 0.253 e. The predicted octanol–water partition coefficient (Wildman–Crippen LogP) is 2.70. The number of piperidine rings is 1. The molecular weight excluding hydrogens is 274 g/mol. The lowest BCUT2D eigenvalue weighted by Gasteiger charge is -2.26. The van der Waals surface area contributed by atoms with E-state index in [0.29, 0.717) is 22.6 Å². The van der Waals surface area contributed by atoms with Crippen molar-refractivity contribution in [3.8, 4) is 11.8 Å². The van der Waals surface area contributed by atoms with Crippen molar-refractivity contribution in [2.75, 3.05) is 19.7 Å². The van der Waals surface area contributed by atoms with E-state index in [4.69, 9.17) is 16.7 Å². The van der Waals surface area contributed by atoms with Gasteiger partial charge in [0.2, 0.25) is 0 Å². The molecule has 1 saturated heterocycles. The molecule has 4 heteroatoms. The molecule has 0 radical (unpaired) electrons. The molecule has 1 aromatic rings. The van der Waals surface area contributed by atoms with E-state index in [9.17, 15) is 4.79 Å². The number of hydrogen-bond donors (Lipinski definition) is 1. The largest absolute Gasteiger partial charge is 0.395 e. The average molecular weight is 292 g/mol. The summed E-state index contributed by atoms with van der Waals surface area (Å²) in [5.41, 5.74) is 1.31. The van der Waals surface area contributed by atoms with Crippen LogP contribution >= 0.6 is 11.6 Å². The Kier molecular flexibility index (Phi) is 5.46. The van der Waals surface area contributed by atoms with E-state index in [-0.39, 0.29) is 12.5 Å². The van der Waals surface area contributed by atoms with Crippen LogP contribution in [0.15, 0.2) is 18.2 Å². The van der Waals surface area contributed by atoms with Crippen molar-refractivity contribution in [3.63, 3.8) is 0 Å². The van der Waals surface area contributed by atoms with Gasteiger partial charge in [0.25, 0.3) is 5.91 Å². The summed E-state index contributed by atoms with van der Waals surface area (Å²) in [7, 11) is 0. The highest BCUT2D eigenvalue weighted by Gasteiger charge is 2.18. The molecule has 1 aliphatic heterocycles. The average Bonchev–Trinajstić information content (AvgIpc) is 2.49. The Morgan fingerprint density at radius 1 is 1.30 bits per heavy atom. The first kappa shape index (κ1) is 14.9. The summed E-state index contributed by atoms with van der Waals surface area (Å²) < 4.78 is 0. The van der Waals surface area contributed by atoms with E-state index in [0.717, 1.165) is 25.9 Å². The number of carbonyl (C=O) groups is 1. The molecule has 0 saturated carbocycles. The molecule has 0 aliphatic carbocycles. The second-order valence-corrected chi connectivity index (χ2v) is 5.23. The lowest BCUT2D eigenvalue weighted by molar-refractivity contribution is 0.0724. The Hall–Kier alpha value is -1.50. The number of aliphatic hydroxyl groups is 1. The molecule has 1 fully saturated rings. The van der Waals surface area contributed by atoms with Gasteiger partial charge in [-0.05, 0) is 37.5 Å². The Morgan fingerprint density at radius 2 is 2.05 bits per heavy atom. The standard InChI is InChI=1S/C16H18ClNO2/c17-15-12-14(8-7-13(15)6-2-5-11-19)16(20)18-9-3-1-4-10-18/h7-8,12,19H,1,3-5,9-11H2. The summed E-state index contributed by atoms with van der Waals surface area (Å²) in [4.78, 5) is 14.2. The molecule has 0 aromatic heterocycles. The minimum Gasteiger partial charge on any atom is -0.395 e. The molecule has 2 rings (SSSR count). The van der Waals surface area contributed by atoms with Crippen LogP contribution in [-0.4, -0.2) is 35.6 Å². The summed E-state index contributed by atoms with van der Waals surface area (Å²) >= 11 is 6.16. The van der Waals surface area contributed by atoms with E-state index in [1.165, 1.54) is 6.42 Å². The van der Waals surface area contributed by atoms with Crippen LogP contribution in [-0.2, 0) is 0 Å². The Morgan fingerprint density at radius 3 is 2.70 bits per heavy atom. The molecule has 1 amide bonds. The first-order chi connectivity index (χ1) is 9.72. The van der Waals surface area contributed by atoms with Gasteiger partial charge in [-0.15, -0.1) is 0 Å². The van der Waals surface area contributed by atoms with E-state index >= 15 is 0 Å². The van der Waals surface area contributed by atoms with Crippen LogP contribution in [0.1, 0.15) is 41.6 Å². The van der Waals surface area contributed by atoms with Crippen molar-refractivity contribution in [1.82, 2.24) is 4.90 Å². The molecule has 0 spiro atoms. The van der Waals surface area contributed by atoms with Crippen molar-refractivity contribution < 1.29 is 9.90 Å². The van der Waals surface area contributed by atoms with Gasteiger partial charge in [0.15, 0.2) is 0 Å². The highest BCUT2D eigenvalue weighted by atomic mass is 35.5. The van der Waals surface area contributed by atoms with E-state index in [1.807, 2.05) is 4.90 Å². The third-order valence-corrected chi connectivity index (χ3v) is 3.63. The number of hydrogen-bond acceptors (Lipinski definition) is 2. The highest BCUT2D eigenvalue weighted by Crippen LogP contribution is 2.20. The fourth-order valence-corrected chi connectivity index (χ4v) is 2.47. The summed E-state index contributed by atoms with van der Waals surface area (Å²) in [6.45, 7) is 1.69. The quantitative estimate of drug-likeness (QED) is 0.851. The summed E-state index contributed by atoms with van der Waals surface area (Å²) in [5, 5.41) is 9.17. The van der Waals surface area contributed by atoms with Crippen LogP contribution in [0, 0.1) is 11.8 Å². The van der Waals surface area contributed by atoms with E-state index in [1.54, 1.807) is 18.2 Å². The molecule has 0 bridgehead atoms. The molecule has 0 unspecified atom stereocenters. The fourth-order valence-electron chi connectivity index (χ4n) is 2.24. The van der Waals surface area contributed by atoms with Crippen molar-refractivity contribution in [3.05, 3.63) is 34.3 Å². The molecular formula is C16H18ClNO2. The van der Waals surface area contributed by atoms with Gasteiger partial charge in [-0.3, -0.25) is 4.79 Å². The van der Waals surface area contributed by atoms with Gasteiger partial charge in [0, 0.05) is 30.6 Å². The second-order valence-electron chi connectivity index (χ2n) is 4.82. The number of likely N-dealkylation sites (tertiary alicyclic amines) is 1. The first-order valence-corrected chi connectivity index (χ1v) is 7.28. The van der Waals surface area contributed by atoms with Crippen LogP contribution in [0.25, 0.3) is 0 Å². The summed E-state index contributed by atoms with van der Waals surface area (Å²) in [6, 6.07) is 5.22. The zero-order valence-electron chi connectivity index (χ0n) is 11.4. The lowest BCUT2D eigenvalue weighted by atomic mass is 10.1. The normalized spacial score (nSPS) is 14.6. The molecule has 1 N–H and O–H groups in total. The van der Waals surface area contributed by atoms with Gasteiger partial charge in [-0.1, -0.05) is 23.4 Å². The van der Waals surface area contributed by atoms with Gasteiger partial charge in [-0.25, -0.2) is 0 Å². The number of benzene rings is 1. The van der Waals surface area contributed by atoms with Crippen molar-refractivity contribution in [2.24, 2.45) is 0 Å². The fraction of sp³-hybridized carbons (Fsp3) is 0.438. The maximum absolute atomic E-state index is 12.3. The van der Waals surface area contributed by atoms with Gasteiger partial charge in [-0.2, -0.15) is 0 Å². The van der Waals surface area contributed by atoms with Gasteiger partial charge in [0.05, 0.1) is 11.6 Å². The molecule has 3 nitrogen and oxygen atoms in total. The number of nitrogens with zero attached hydrogens (tertiary/aromatic N) is 1. The third-order valence-electron chi connectivity index (χ3n) is 3.32. The Labute approximate surface area is 124 Å². The number of rotatable bonds is 2. The minimum atomic E-state index is 0.0378. The van der Waals surface area contributed by atoms with Gasteiger partial charge < -0.3 is 10.0 Å². The van der Waals surface area contributed by atoms with Crippen molar-refractivity contribution >= 4 is 17.5 Å². The topological polar surface area (TPSA) is 40.5 Å². The predicted molar refractivity (Wildman–Crippen MR) is 79.8 cm³/mol. The van der Waals surface area contributed by atoms with Gasteiger partial charge >= 0.3 is 0 Å². The molecule has 0 atom stereocenters. The van der Waals surface area contributed by atoms with Crippen molar-refractivity contribution in [1.29, 1.82) is 0 Å². The molecule has 1 heterocycles. The van der Waals surface area contributed by atoms with E-state index in [2.05, 4.69) is 11.8 Å². The van der Waals surface area contributed by atoms with Crippen molar-refractivity contribution in [2.45, 2.75) is 25.7 Å². The third kappa shape index (κ3) is 3.75. The lowest BCUT2D eigenvalue weighted by Crippen LogP contribution is -2.35. The zero-order valence-corrected chi connectivity index (χ0v) is 12.1.